The van der Waals surface area contributed by atoms with Gasteiger partial charge in [0.1, 0.15) is 0 Å². The van der Waals surface area contributed by atoms with Gasteiger partial charge in [0.2, 0.25) is 0 Å². The van der Waals surface area contributed by atoms with Gasteiger partial charge in [0.15, 0.2) is 22.5 Å². The number of carbonyl (C=O) groups excluding carboxylic acids is 2. The molecular formula is C20H24N4O4S. The average Bonchev–Trinajstić information content (AvgIpc) is 3.39. The second kappa shape index (κ2) is 8.69. The van der Waals surface area contributed by atoms with Crippen molar-refractivity contribution in [3.63, 3.8) is 0 Å². The van der Waals surface area contributed by atoms with Crippen LogP contribution in [0, 0.1) is 19.8 Å². The molecule has 0 bridgehead atoms. The average molecular weight is 417 g/mol. The summed E-state index contributed by atoms with van der Waals surface area (Å²) in [5.74, 6) is 1.22. The topological polar surface area (TPSA) is 103 Å². The summed E-state index contributed by atoms with van der Waals surface area (Å²) in [5, 5.41) is 9.15. The first-order valence-corrected chi connectivity index (χ1v) is 10.2. The number of ether oxygens (including phenoxy) is 1. The molecule has 0 aliphatic rings. The Hall–Kier alpha value is -2.81. The van der Waals surface area contributed by atoms with Gasteiger partial charge in [-0.05, 0) is 37.5 Å². The number of nitrogens with one attached hydrogen (secondary N) is 1. The van der Waals surface area contributed by atoms with E-state index in [1.54, 1.807) is 26.2 Å². The Morgan fingerprint density at radius 2 is 2.07 bits per heavy atom. The molecule has 0 atom stereocenters. The monoisotopic (exact) mass is 416 g/mol. The van der Waals surface area contributed by atoms with Crippen LogP contribution in [-0.2, 0) is 11.3 Å². The molecule has 3 aromatic heterocycles. The summed E-state index contributed by atoms with van der Waals surface area (Å²) in [6.45, 7) is 8.39. The first-order chi connectivity index (χ1) is 13.8. The zero-order chi connectivity index (χ0) is 21.1. The van der Waals surface area contributed by atoms with Gasteiger partial charge in [-0.15, -0.1) is 10.2 Å². The molecule has 154 valence electrons. The number of aromatic nitrogens is 4. The van der Waals surface area contributed by atoms with E-state index in [1.165, 1.54) is 18.9 Å². The summed E-state index contributed by atoms with van der Waals surface area (Å²) in [6, 6.07) is 3.63. The standard InChI is InChI=1S/C20H24N4O4S/c1-11(2)9-24-18(15-7-6-8-28-15)22-23-20(24)29-10-14(25)17-12(3)16(13(4)21-17)19(26)27-5/h6-8,11,21H,9-10H2,1-5H3. The molecule has 0 saturated heterocycles. The fraction of sp³-hybridized carbons (Fsp3) is 0.400. The van der Waals surface area contributed by atoms with Gasteiger partial charge in [-0.25, -0.2) is 4.79 Å². The van der Waals surface area contributed by atoms with Gasteiger partial charge in [-0.1, -0.05) is 25.6 Å². The molecule has 3 heterocycles. The highest BCUT2D eigenvalue weighted by Gasteiger charge is 2.24. The molecule has 3 rings (SSSR count). The first-order valence-electron chi connectivity index (χ1n) is 9.24. The van der Waals surface area contributed by atoms with E-state index >= 15 is 0 Å². The minimum Gasteiger partial charge on any atom is -0.465 e. The van der Waals surface area contributed by atoms with Crippen LogP contribution in [-0.4, -0.2) is 44.4 Å². The van der Waals surface area contributed by atoms with Gasteiger partial charge in [0.25, 0.3) is 0 Å². The smallest absolute Gasteiger partial charge is 0.339 e. The van der Waals surface area contributed by atoms with E-state index < -0.39 is 5.97 Å². The van der Waals surface area contributed by atoms with Gasteiger partial charge in [-0.2, -0.15) is 0 Å². The molecule has 0 amide bonds. The number of Topliss-reactive ketones (excluding diaryl/α,β-unsaturated/α-hetero) is 1. The van der Waals surface area contributed by atoms with Crippen LogP contribution >= 0.6 is 11.8 Å². The molecule has 0 spiro atoms. The van der Waals surface area contributed by atoms with E-state index in [4.69, 9.17) is 9.15 Å². The molecule has 0 aromatic carbocycles. The second-order valence-electron chi connectivity index (χ2n) is 7.12. The maximum atomic E-state index is 12.8. The van der Waals surface area contributed by atoms with E-state index in [9.17, 15) is 9.59 Å². The van der Waals surface area contributed by atoms with Crippen LogP contribution in [0.5, 0.6) is 0 Å². The molecule has 0 aliphatic carbocycles. The highest BCUT2D eigenvalue weighted by Crippen LogP contribution is 2.27. The fourth-order valence-electron chi connectivity index (χ4n) is 3.15. The van der Waals surface area contributed by atoms with Crippen molar-refractivity contribution in [2.24, 2.45) is 5.92 Å². The Kier molecular flexibility index (Phi) is 6.26. The lowest BCUT2D eigenvalue weighted by molar-refractivity contribution is 0.0599. The van der Waals surface area contributed by atoms with Crippen LogP contribution in [0.3, 0.4) is 0 Å². The number of ketones is 1. The SMILES string of the molecule is COC(=O)c1c(C)[nH]c(C(=O)CSc2nnc(-c3ccco3)n2CC(C)C)c1C. The Bertz CT molecular complexity index is 1020. The Balaban J connectivity index is 1.81. The van der Waals surface area contributed by atoms with Crippen LogP contribution in [0.25, 0.3) is 11.6 Å². The number of thioether (sulfide) groups is 1. The summed E-state index contributed by atoms with van der Waals surface area (Å²) < 4.78 is 12.2. The van der Waals surface area contributed by atoms with Crippen LogP contribution in [0.15, 0.2) is 28.0 Å². The number of hydrogen-bond donors (Lipinski definition) is 1. The third-order valence-corrected chi connectivity index (χ3v) is 5.41. The third kappa shape index (κ3) is 4.29. The van der Waals surface area contributed by atoms with Crippen molar-refractivity contribution in [2.75, 3.05) is 12.9 Å². The molecule has 0 unspecified atom stereocenters. The molecule has 29 heavy (non-hydrogen) atoms. The van der Waals surface area contributed by atoms with E-state index in [1.807, 2.05) is 10.6 Å². The van der Waals surface area contributed by atoms with E-state index in [0.29, 0.717) is 51.7 Å². The van der Waals surface area contributed by atoms with Crippen molar-refractivity contribution in [3.05, 3.63) is 40.9 Å². The molecule has 0 radical (unpaired) electrons. The summed E-state index contributed by atoms with van der Waals surface area (Å²) in [5.41, 5.74) is 2.03. The lowest BCUT2D eigenvalue weighted by Crippen LogP contribution is -2.10. The maximum absolute atomic E-state index is 12.8. The molecular weight excluding hydrogens is 392 g/mol. The fourth-order valence-corrected chi connectivity index (χ4v) is 3.97. The number of nitrogens with zero attached hydrogens (tertiary/aromatic N) is 3. The van der Waals surface area contributed by atoms with Crippen molar-refractivity contribution < 1.29 is 18.7 Å². The molecule has 0 saturated carbocycles. The normalized spacial score (nSPS) is 11.2. The molecule has 0 aliphatic heterocycles. The summed E-state index contributed by atoms with van der Waals surface area (Å²) >= 11 is 1.31. The lowest BCUT2D eigenvalue weighted by atomic mass is 10.1. The van der Waals surface area contributed by atoms with Gasteiger partial charge in [-0.3, -0.25) is 9.36 Å². The largest absolute Gasteiger partial charge is 0.465 e. The van der Waals surface area contributed by atoms with Crippen molar-refractivity contribution in [1.29, 1.82) is 0 Å². The van der Waals surface area contributed by atoms with Gasteiger partial charge >= 0.3 is 5.97 Å². The quantitative estimate of drug-likeness (QED) is 0.337. The van der Waals surface area contributed by atoms with Gasteiger partial charge < -0.3 is 14.1 Å². The zero-order valence-corrected chi connectivity index (χ0v) is 17.9. The second-order valence-corrected chi connectivity index (χ2v) is 8.06. The number of H-pyrrole nitrogens is 1. The summed E-state index contributed by atoms with van der Waals surface area (Å²) in [4.78, 5) is 27.8. The Morgan fingerprint density at radius 1 is 1.31 bits per heavy atom. The lowest BCUT2D eigenvalue weighted by Gasteiger charge is -2.11. The number of rotatable bonds is 8. The molecule has 8 nitrogen and oxygen atoms in total. The van der Waals surface area contributed by atoms with Crippen LogP contribution < -0.4 is 0 Å². The predicted molar refractivity (Wildman–Crippen MR) is 109 cm³/mol. The number of methoxy groups -OCH3 is 1. The van der Waals surface area contributed by atoms with Crippen molar-refractivity contribution in [2.45, 2.75) is 39.4 Å². The van der Waals surface area contributed by atoms with Crippen molar-refractivity contribution in [3.8, 4) is 11.6 Å². The number of aromatic amines is 1. The molecule has 9 heteroatoms. The highest BCUT2D eigenvalue weighted by molar-refractivity contribution is 7.99. The molecule has 1 N–H and O–H groups in total. The summed E-state index contributed by atoms with van der Waals surface area (Å²) in [6.07, 6.45) is 1.59. The Morgan fingerprint density at radius 3 is 2.69 bits per heavy atom. The molecule has 3 aromatic rings. The van der Waals surface area contributed by atoms with E-state index in [-0.39, 0.29) is 11.5 Å². The number of aryl methyl sites for hydroxylation is 1. The van der Waals surface area contributed by atoms with Crippen molar-refractivity contribution in [1.82, 2.24) is 19.7 Å². The number of carbonyl (C=O) groups is 2. The van der Waals surface area contributed by atoms with Crippen LogP contribution in [0.2, 0.25) is 0 Å². The summed E-state index contributed by atoms with van der Waals surface area (Å²) in [7, 11) is 1.32. The van der Waals surface area contributed by atoms with Crippen LogP contribution in [0.1, 0.15) is 46.0 Å². The zero-order valence-electron chi connectivity index (χ0n) is 17.1. The highest BCUT2D eigenvalue weighted by atomic mass is 32.2. The molecule has 0 fully saturated rings. The Labute approximate surface area is 173 Å². The number of esters is 1. The van der Waals surface area contributed by atoms with Gasteiger partial charge in [0, 0.05) is 12.2 Å². The minimum absolute atomic E-state index is 0.121. The number of furan rings is 1. The predicted octanol–water partition coefficient (Wildman–Crippen LogP) is 3.90. The van der Waals surface area contributed by atoms with E-state index in [2.05, 4.69) is 29.0 Å². The maximum Gasteiger partial charge on any atom is 0.339 e. The van der Waals surface area contributed by atoms with Gasteiger partial charge in [0.05, 0.1) is 30.4 Å². The van der Waals surface area contributed by atoms with Crippen LogP contribution in [0.4, 0.5) is 0 Å². The third-order valence-electron chi connectivity index (χ3n) is 4.44. The number of hydrogen-bond acceptors (Lipinski definition) is 7. The first kappa shape index (κ1) is 20.9. The van der Waals surface area contributed by atoms with Crippen molar-refractivity contribution >= 4 is 23.5 Å². The minimum atomic E-state index is -0.456. The van der Waals surface area contributed by atoms with E-state index in [0.717, 1.165) is 0 Å².